The molecule has 3 aromatic rings. The summed E-state index contributed by atoms with van der Waals surface area (Å²) in [5.41, 5.74) is 1.16. The van der Waals surface area contributed by atoms with Crippen LogP contribution in [0.3, 0.4) is 0 Å². The van der Waals surface area contributed by atoms with Crippen LogP contribution in [0.5, 0.6) is 0 Å². The molecule has 162 valence electrons. The molecule has 1 amide bonds. The summed E-state index contributed by atoms with van der Waals surface area (Å²) in [6.07, 6.45) is 3.63. The van der Waals surface area contributed by atoms with Crippen LogP contribution in [-0.2, 0) is 35.6 Å². The molecule has 0 bridgehead atoms. The molecule has 31 heavy (non-hydrogen) atoms. The molecule has 2 aliphatic rings. The van der Waals surface area contributed by atoms with Crippen molar-refractivity contribution in [3.05, 3.63) is 53.1 Å². The van der Waals surface area contributed by atoms with E-state index in [-0.39, 0.29) is 11.8 Å². The summed E-state index contributed by atoms with van der Waals surface area (Å²) in [4.78, 5) is 20.6. The number of fused-ring (bicyclic) bond motifs is 1. The van der Waals surface area contributed by atoms with Crippen LogP contribution in [0.2, 0.25) is 0 Å². The van der Waals surface area contributed by atoms with E-state index in [0.717, 1.165) is 61.2 Å². The van der Waals surface area contributed by atoms with E-state index >= 15 is 0 Å². The quantitative estimate of drug-likeness (QED) is 0.635. The fourth-order valence-electron chi connectivity index (χ4n) is 4.08. The van der Waals surface area contributed by atoms with Gasteiger partial charge in [0.2, 0.25) is 5.91 Å². The lowest BCUT2D eigenvalue weighted by atomic mass is 10.1. The number of ether oxygens (including phenoxy) is 1. The van der Waals surface area contributed by atoms with Gasteiger partial charge in [0.25, 0.3) is 0 Å². The van der Waals surface area contributed by atoms with Crippen LogP contribution >= 0.6 is 11.3 Å². The molecule has 2 aliphatic heterocycles. The van der Waals surface area contributed by atoms with Crippen molar-refractivity contribution in [1.29, 1.82) is 0 Å². The van der Waals surface area contributed by atoms with Crippen LogP contribution in [0.25, 0.3) is 10.6 Å². The normalized spacial score (nSPS) is 19.2. The van der Waals surface area contributed by atoms with Crippen molar-refractivity contribution >= 4 is 17.2 Å². The highest BCUT2D eigenvalue weighted by atomic mass is 32.1. The van der Waals surface area contributed by atoms with Crippen LogP contribution in [0, 0.1) is 5.92 Å². The number of amides is 1. The first kappa shape index (κ1) is 20.3. The lowest BCUT2D eigenvalue weighted by Crippen LogP contribution is -2.32. The second kappa shape index (κ2) is 9.25. The molecule has 1 aromatic carbocycles. The zero-order chi connectivity index (χ0) is 21.0. The Morgan fingerprint density at radius 1 is 1.19 bits per heavy atom. The minimum Gasteiger partial charge on any atom is -0.381 e. The molecule has 9 heteroatoms. The Morgan fingerprint density at radius 3 is 2.94 bits per heavy atom. The molecule has 8 nitrogen and oxygen atoms in total. The van der Waals surface area contributed by atoms with Crippen molar-refractivity contribution in [2.45, 2.75) is 32.5 Å². The molecule has 2 aromatic heterocycles. The molecule has 0 spiro atoms. The van der Waals surface area contributed by atoms with Gasteiger partial charge in [-0.2, -0.15) is 0 Å². The number of rotatable bonds is 6. The van der Waals surface area contributed by atoms with Crippen LogP contribution < -0.4 is 5.32 Å². The predicted octanol–water partition coefficient (Wildman–Crippen LogP) is 2.11. The number of aromatic nitrogens is 4. The average Bonchev–Trinajstić information content (AvgIpc) is 3.54. The smallest absolute Gasteiger partial charge is 0.225 e. The average molecular weight is 439 g/mol. The lowest BCUT2D eigenvalue weighted by molar-refractivity contribution is -0.125. The third-order valence-corrected chi connectivity index (χ3v) is 6.90. The van der Waals surface area contributed by atoms with Gasteiger partial charge in [0.15, 0.2) is 5.82 Å². The van der Waals surface area contributed by atoms with Crippen molar-refractivity contribution in [3.8, 4) is 10.6 Å². The number of carbonyl (C=O) groups is 1. The third kappa shape index (κ3) is 4.68. The van der Waals surface area contributed by atoms with E-state index in [1.165, 1.54) is 4.88 Å². The molecule has 0 saturated carbocycles. The minimum atomic E-state index is -0.0396. The van der Waals surface area contributed by atoms with E-state index in [0.29, 0.717) is 19.8 Å². The van der Waals surface area contributed by atoms with Crippen LogP contribution in [0.4, 0.5) is 0 Å². The highest BCUT2D eigenvalue weighted by molar-refractivity contribution is 7.15. The van der Waals surface area contributed by atoms with Gasteiger partial charge in [0.1, 0.15) is 10.8 Å². The molecule has 1 fully saturated rings. The van der Waals surface area contributed by atoms with Gasteiger partial charge < -0.3 is 14.6 Å². The summed E-state index contributed by atoms with van der Waals surface area (Å²) in [6, 6.07) is 10.3. The minimum absolute atomic E-state index is 0.0396. The van der Waals surface area contributed by atoms with Gasteiger partial charge in [-0.3, -0.25) is 9.69 Å². The molecule has 1 N–H and O–H groups in total. The largest absolute Gasteiger partial charge is 0.381 e. The number of benzene rings is 1. The summed E-state index contributed by atoms with van der Waals surface area (Å²) in [5.74, 6) is 1.82. The standard InChI is InChI=1S/C22H26N6O2S/c29-21(17-7-11-30-15-17)23-13-20-26-25-19-6-8-27(9-10-28(19)20)14-18-12-24-22(31-18)16-4-2-1-3-5-16/h1-5,12,17H,6-11,13-15H2,(H,23,29). The maximum absolute atomic E-state index is 12.3. The maximum Gasteiger partial charge on any atom is 0.225 e. The van der Waals surface area contributed by atoms with Gasteiger partial charge in [-0.1, -0.05) is 30.3 Å². The van der Waals surface area contributed by atoms with E-state index in [9.17, 15) is 4.79 Å². The van der Waals surface area contributed by atoms with Gasteiger partial charge in [0, 0.05) is 55.8 Å². The number of hydrogen-bond donors (Lipinski definition) is 1. The first-order valence-electron chi connectivity index (χ1n) is 10.7. The van der Waals surface area contributed by atoms with Gasteiger partial charge >= 0.3 is 0 Å². The first-order valence-corrected chi connectivity index (χ1v) is 11.6. The van der Waals surface area contributed by atoms with Crippen molar-refractivity contribution in [2.24, 2.45) is 5.92 Å². The number of nitrogens with zero attached hydrogens (tertiary/aromatic N) is 5. The molecular weight excluding hydrogens is 412 g/mol. The van der Waals surface area contributed by atoms with Crippen molar-refractivity contribution in [3.63, 3.8) is 0 Å². The Hall–Kier alpha value is -2.62. The zero-order valence-electron chi connectivity index (χ0n) is 17.4. The fourth-order valence-corrected chi connectivity index (χ4v) is 5.04. The third-order valence-electron chi connectivity index (χ3n) is 5.87. The van der Waals surface area contributed by atoms with Crippen molar-refractivity contribution in [1.82, 2.24) is 30.0 Å². The van der Waals surface area contributed by atoms with Gasteiger partial charge in [-0.25, -0.2) is 4.98 Å². The van der Waals surface area contributed by atoms with Crippen molar-refractivity contribution in [2.75, 3.05) is 26.3 Å². The zero-order valence-corrected chi connectivity index (χ0v) is 18.2. The molecule has 4 heterocycles. The van der Waals surface area contributed by atoms with E-state index < -0.39 is 0 Å². The molecule has 1 unspecified atom stereocenters. The van der Waals surface area contributed by atoms with Gasteiger partial charge in [0.05, 0.1) is 19.1 Å². The first-order chi connectivity index (χ1) is 15.3. The van der Waals surface area contributed by atoms with E-state index in [2.05, 4.69) is 42.1 Å². The highest BCUT2D eigenvalue weighted by Crippen LogP contribution is 2.26. The topological polar surface area (TPSA) is 85.2 Å². The van der Waals surface area contributed by atoms with Gasteiger partial charge in [-0.05, 0) is 6.42 Å². The Labute approximate surface area is 185 Å². The SMILES string of the molecule is O=C(NCc1nnc2n1CCN(Cc1cnc(-c3ccccc3)s1)CC2)C1CCOC1. The number of hydrogen-bond acceptors (Lipinski definition) is 7. The number of carbonyl (C=O) groups excluding carboxylic acids is 1. The Morgan fingerprint density at radius 2 is 2.10 bits per heavy atom. The van der Waals surface area contributed by atoms with Crippen molar-refractivity contribution < 1.29 is 9.53 Å². The molecule has 1 saturated heterocycles. The van der Waals surface area contributed by atoms with E-state index in [1.807, 2.05) is 24.4 Å². The maximum atomic E-state index is 12.3. The molecule has 1 atom stereocenters. The Kier molecular flexibility index (Phi) is 6.06. The molecule has 0 aliphatic carbocycles. The summed E-state index contributed by atoms with van der Waals surface area (Å²) in [7, 11) is 0. The second-order valence-corrected chi connectivity index (χ2v) is 9.10. The summed E-state index contributed by atoms with van der Waals surface area (Å²) < 4.78 is 7.47. The molecular formula is C22H26N6O2S. The summed E-state index contributed by atoms with van der Waals surface area (Å²) in [5, 5.41) is 12.8. The van der Waals surface area contributed by atoms with Crippen LogP contribution in [-0.4, -0.2) is 56.9 Å². The Bertz CT molecular complexity index is 1030. The predicted molar refractivity (Wildman–Crippen MR) is 117 cm³/mol. The van der Waals surface area contributed by atoms with Crippen LogP contribution in [0.1, 0.15) is 22.9 Å². The van der Waals surface area contributed by atoms with E-state index in [4.69, 9.17) is 4.74 Å². The van der Waals surface area contributed by atoms with Gasteiger partial charge in [-0.15, -0.1) is 21.5 Å². The molecule has 0 radical (unpaired) electrons. The Balaban J connectivity index is 1.18. The van der Waals surface area contributed by atoms with E-state index in [1.54, 1.807) is 11.3 Å². The highest BCUT2D eigenvalue weighted by Gasteiger charge is 2.24. The summed E-state index contributed by atoms with van der Waals surface area (Å²) >= 11 is 1.75. The molecule has 5 rings (SSSR count). The monoisotopic (exact) mass is 438 g/mol. The number of thiazole rings is 1. The lowest BCUT2D eigenvalue weighted by Gasteiger charge is -2.18. The fraction of sp³-hybridized carbons (Fsp3) is 0.455. The summed E-state index contributed by atoms with van der Waals surface area (Å²) in [6.45, 7) is 5.16. The van der Waals surface area contributed by atoms with Crippen LogP contribution in [0.15, 0.2) is 36.5 Å². The second-order valence-electron chi connectivity index (χ2n) is 7.99. The number of nitrogens with one attached hydrogen (secondary N) is 1.